The molecule has 0 heterocycles. The minimum absolute atomic E-state index is 0.364. The molecule has 224 valence electrons. The van der Waals surface area contributed by atoms with Gasteiger partial charge < -0.3 is 30.6 Å². The van der Waals surface area contributed by atoms with Crippen LogP contribution in [0.1, 0.15) is 41.4 Å². The van der Waals surface area contributed by atoms with Crippen molar-refractivity contribution in [2.75, 3.05) is 0 Å². The predicted molar refractivity (Wildman–Crippen MR) is 155 cm³/mol. The van der Waals surface area contributed by atoms with Crippen LogP contribution in [0, 0.1) is 0 Å². The Morgan fingerprint density at radius 1 is 0.409 bits per heavy atom. The molecule has 0 aliphatic heterocycles. The lowest BCUT2D eigenvalue weighted by molar-refractivity contribution is -0.314. The lowest BCUT2D eigenvalue weighted by Gasteiger charge is -2.61. The Balaban J connectivity index is 1.90. The highest BCUT2D eigenvalue weighted by Gasteiger charge is 2.86. The summed E-state index contributed by atoms with van der Waals surface area (Å²) in [4.78, 5) is 56.7. The van der Waals surface area contributed by atoms with E-state index in [4.69, 9.17) is 0 Å². The number of benzene rings is 4. The number of carbonyl (C=O) groups is 4. The van der Waals surface area contributed by atoms with Gasteiger partial charge >= 0.3 is 0 Å². The second kappa shape index (κ2) is 11.1. The molecule has 0 unspecified atom stereocenters. The fraction of sp³-hybridized carbons (Fsp3) is 0.176. The van der Waals surface area contributed by atoms with E-state index in [2.05, 4.69) is 0 Å². The Bertz CT molecular complexity index is 1640. The van der Waals surface area contributed by atoms with Crippen molar-refractivity contribution in [3.63, 3.8) is 0 Å². The zero-order valence-electron chi connectivity index (χ0n) is 23.0. The number of rotatable bonds is 8. The highest BCUT2D eigenvalue weighted by Crippen LogP contribution is 2.53. The van der Waals surface area contributed by atoms with Crippen LogP contribution in [0.4, 0.5) is 0 Å². The Kier molecular flexibility index (Phi) is 7.77. The summed E-state index contributed by atoms with van der Waals surface area (Å²) < 4.78 is 0. The van der Waals surface area contributed by atoms with Crippen molar-refractivity contribution in [3.05, 3.63) is 144 Å². The monoisotopic (exact) mass is 596 g/mol. The molecule has 5 rings (SSSR count). The Morgan fingerprint density at radius 3 is 0.955 bits per heavy atom. The van der Waals surface area contributed by atoms with Crippen LogP contribution < -0.4 is 0 Å². The molecular formula is C34H28O10. The minimum Gasteiger partial charge on any atom is -0.386 e. The molecule has 10 heteroatoms. The molecule has 6 N–H and O–H groups in total. The first kappa shape index (κ1) is 30.8. The fourth-order valence-electron chi connectivity index (χ4n) is 5.88. The molecule has 1 saturated carbocycles. The first-order valence-corrected chi connectivity index (χ1v) is 13.5. The molecule has 1 aliphatic rings. The normalized spacial score (nSPS) is 29.9. The third kappa shape index (κ3) is 4.12. The standard InChI is InChI=1S/C34H28O10/c35-25(21-13-5-1-6-14-21)31(41)29(39)32(42,26(36)22-15-7-2-8-16-22)34(44,28(38)24-19-11-4-12-20-24)33(43,30(31)40)27(37)23-17-9-3-10-18-23/h1-20,29-30,39-44H/t29-,30-,31-,32+,33-,34-/m1/s1. The second-order valence-electron chi connectivity index (χ2n) is 10.7. The summed E-state index contributed by atoms with van der Waals surface area (Å²) >= 11 is 0. The molecule has 0 bridgehead atoms. The number of aliphatic hydroxyl groups excluding tert-OH is 2. The van der Waals surface area contributed by atoms with Gasteiger partial charge in [0.25, 0.3) is 0 Å². The van der Waals surface area contributed by atoms with Crippen LogP contribution in [-0.4, -0.2) is 88.4 Å². The zero-order chi connectivity index (χ0) is 31.9. The molecule has 10 nitrogen and oxygen atoms in total. The summed E-state index contributed by atoms with van der Waals surface area (Å²) in [6, 6.07) is 26.0. The average Bonchev–Trinajstić information content (AvgIpc) is 3.09. The first-order valence-electron chi connectivity index (χ1n) is 13.5. The smallest absolute Gasteiger partial charge is 0.205 e. The van der Waals surface area contributed by atoms with E-state index in [9.17, 15) is 49.8 Å². The summed E-state index contributed by atoms with van der Waals surface area (Å²) in [5.74, 6) is -6.46. The van der Waals surface area contributed by atoms with Gasteiger partial charge in [0.15, 0.2) is 22.6 Å². The second-order valence-corrected chi connectivity index (χ2v) is 10.7. The van der Waals surface area contributed by atoms with Gasteiger partial charge in [-0.05, 0) is 0 Å². The van der Waals surface area contributed by atoms with Crippen molar-refractivity contribution in [2.24, 2.45) is 0 Å². The van der Waals surface area contributed by atoms with Gasteiger partial charge in [0, 0.05) is 22.3 Å². The lowest BCUT2D eigenvalue weighted by Crippen LogP contribution is -2.92. The van der Waals surface area contributed by atoms with Gasteiger partial charge in [0.05, 0.1) is 0 Å². The summed E-state index contributed by atoms with van der Waals surface area (Å²) in [5.41, 5.74) is -17.6. The predicted octanol–water partition coefficient (Wildman–Crippen LogP) is 1.18. The number of hydrogen-bond donors (Lipinski definition) is 6. The Labute approximate surface area is 251 Å². The molecule has 0 amide bonds. The van der Waals surface area contributed by atoms with Gasteiger partial charge in [-0.1, -0.05) is 121 Å². The minimum atomic E-state index is -4.11. The maximum atomic E-state index is 14.3. The van der Waals surface area contributed by atoms with Crippen LogP contribution in [0.5, 0.6) is 0 Å². The third-order valence-corrected chi connectivity index (χ3v) is 8.26. The first-order chi connectivity index (χ1) is 20.9. The van der Waals surface area contributed by atoms with Crippen LogP contribution in [-0.2, 0) is 0 Å². The molecule has 1 fully saturated rings. The molecule has 0 saturated heterocycles. The molecular weight excluding hydrogens is 568 g/mol. The summed E-state index contributed by atoms with van der Waals surface area (Å²) in [7, 11) is 0. The molecule has 4 aromatic carbocycles. The van der Waals surface area contributed by atoms with Crippen molar-refractivity contribution in [3.8, 4) is 0 Å². The summed E-state index contributed by atoms with van der Waals surface area (Å²) in [5, 5.41) is 72.8. The van der Waals surface area contributed by atoms with E-state index in [0.717, 1.165) is 36.4 Å². The van der Waals surface area contributed by atoms with Crippen LogP contribution >= 0.6 is 0 Å². The van der Waals surface area contributed by atoms with E-state index in [1.807, 2.05) is 0 Å². The topological polar surface area (TPSA) is 190 Å². The maximum absolute atomic E-state index is 14.3. The molecule has 4 aromatic rings. The average molecular weight is 597 g/mol. The number of ketones is 4. The molecule has 44 heavy (non-hydrogen) atoms. The van der Waals surface area contributed by atoms with Crippen molar-refractivity contribution in [2.45, 2.75) is 34.6 Å². The van der Waals surface area contributed by atoms with Crippen molar-refractivity contribution < 1.29 is 49.8 Å². The van der Waals surface area contributed by atoms with Gasteiger partial charge in [-0.15, -0.1) is 0 Å². The fourth-order valence-corrected chi connectivity index (χ4v) is 5.88. The number of aliphatic hydroxyl groups is 6. The SMILES string of the molecule is O=C(c1ccccc1)[C@]1(O)[C@@H](O)[C@](O)(C(=O)c2ccccc2)[C@@](O)(C(=O)c2ccccc2)[C@](O)(C(=O)c2ccccc2)[C@@H]1O. The number of hydrogen-bond acceptors (Lipinski definition) is 10. The molecule has 0 spiro atoms. The lowest BCUT2D eigenvalue weighted by atomic mass is 9.49. The van der Waals surface area contributed by atoms with Crippen molar-refractivity contribution >= 4 is 23.1 Å². The number of carbonyl (C=O) groups excluding carboxylic acids is 4. The Hall–Kier alpha value is -4.68. The quantitative estimate of drug-likeness (QED) is 0.161. The van der Waals surface area contributed by atoms with Gasteiger partial charge in [-0.25, -0.2) is 0 Å². The molecule has 1 aliphatic carbocycles. The van der Waals surface area contributed by atoms with Crippen LogP contribution in [0.25, 0.3) is 0 Å². The van der Waals surface area contributed by atoms with Gasteiger partial charge in [0.2, 0.25) is 23.0 Å². The van der Waals surface area contributed by atoms with Crippen molar-refractivity contribution in [1.29, 1.82) is 0 Å². The highest BCUT2D eigenvalue weighted by molar-refractivity contribution is 6.20. The largest absolute Gasteiger partial charge is 0.386 e. The van der Waals surface area contributed by atoms with E-state index < -0.39 is 74.4 Å². The summed E-state index contributed by atoms with van der Waals surface area (Å²) in [6.45, 7) is 0. The van der Waals surface area contributed by atoms with E-state index in [-0.39, 0.29) is 5.56 Å². The number of Topliss-reactive ketones (excluding diaryl/α,β-unsaturated/α-hetero) is 4. The maximum Gasteiger partial charge on any atom is 0.205 e. The van der Waals surface area contributed by atoms with E-state index in [0.29, 0.717) is 0 Å². The molecule has 0 radical (unpaired) electrons. The third-order valence-electron chi connectivity index (χ3n) is 8.26. The highest BCUT2D eigenvalue weighted by atomic mass is 16.5. The van der Waals surface area contributed by atoms with E-state index in [1.165, 1.54) is 84.9 Å². The molecule has 6 atom stereocenters. The summed E-state index contributed by atoms with van der Waals surface area (Å²) in [6.07, 6.45) is -6.38. The van der Waals surface area contributed by atoms with Gasteiger partial charge in [-0.3, -0.25) is 19.2 Å². The van der Waals surface area contributed by atoms with Crippen LogP contribution in [0.3, 0.4) is 0 Å². The van der Waals surface area contributed by atoms with Crippen molar-refractivity contribution in [1.82, 2.24) is 0 Å². The molecule has 0 aromatic heterocycles. The van der Waals surface area contributed by atoms with E-state index >= 15 is 0 Å². The van der Waals surface area contributed by atoms with E-state index in [1.54, 1.807) is 0 Å². The van der Waals surface area contributed by atoms with Crippen LogP contribution in [0.2, 0.25) is 0 Å². The Morgan fingerprint density at radius 2 is 0.659 bits per heavy atom. The van der Waals surface area contributed by atoms with Crippen LogP contribution in [0.15, 0.2) is 121 Å². The zero-order valence-corrected chi connectivity index (χ0v) is 23.0. The van der Waals surface area contributed by atoms with Gasteiger partial charge in [0.1, 0.15) is 12.2 Å². The van der Waals surface area contributed by atoms with Gasteiger partial charge in [-0.2, -0.15) is 0 Å².